The maximum absolute atomic E-state index is 12.1. The molecule has 3 rings (SSSR count). The van der Waals surface area contributed by atoms with Crippen LogP contribution in [0.2, 0.25) is 0 Å². The number of furan rings is 1. The molecule has 1 heterocycles. The summed E-state index contributed by atoms with van der Waals surface area (Å²) in [5.74, 6) is 1.57. The molecular weight excluding hydrogens is 276 g/mol. The van der Waals surface area contributed by atoms with Crippen molar-refractivity contribution < 1.29 is 9.21 Å². The molecule has 1 aliphatic carbocycles. The van der Waals surface area contributed by atoms with E-state index in [0.29, 0.717) is 6.04 Å². The topological polar surface area (TPSA) is 54.3 Å². The number of fused-ring (bicyclic) bond motifs is 1. The Labute approximate surface area is 131 Å². The average molecular weight is 300 g/mol. The molecular formula is C18H24N2O2. The van der Waals surface area contributed by atoms with Gasteiger partial charge in [-0.1, -0.05) is 25.1 Å². The summed E-state index contributed by atoms with van der Waals surface area (Å²) in [5, 5.41) is 7.12. The van der Waals surface area contributed by atoms with Crippen molar-refractivity contribution in [2.45, 2.75) is 51.6 Å². The molecule has 1 fully saturated rings. The fraction of sp³-hybridized carbons (Fsp3) is 0.500. The molecule has 1 aliphatic rings. The summed E-state index contributed by atoms with van der Waals surface area (Å²) >= 11 is 0. The van der Waals surface area contributed by atoms with Gasteiger partial charge in [-0.3, -0.25) is 0 Å². The lowest BCUT2D eigenvalue weighted by atomic mass is 9.87. The fourth-order valence-corrected chi connectivity index (χ4v) is 3.12. The molecule has 4 nitrogen and oxygen atoms in total. The summed E-state index contributed by atoms with van der Waals surface area (Å²) in [5.41, 5.74) is 0.854. The summed E-state index contributed by atoms with van der Waals surface area (Å²) in [6.45, 7) is 4.22. The molecule has 0 radical (unpaired) electrons. The molecule has 2 aromatic rings. The molecule has 2 amide bonds. The number of para-hydroxylation sites is 1. The van der Waals surface area contributed by atoms with Gasteiger partial charge >= 0.3 is 6.03 Å². The second-order valence-corrected chi connectivity index (χ2v) is 6.48. The minimum atomic E-state index is -0.144. The van der Waals surface area contributed by atoms with Crippen LogP contribution < -0.4 is 10.6 Å². The van der Waals surface area contributed by atoms with Crippen LogP contribution in [-0.4, -0.2) is 12.1 Å². The molecule has 0 spiro atoms. The van der Waals surface area contributed by atoms with Crippen LogP contribution in [0, 0.1) is 5.92 Å². The van der Waals surface area contributed by atoms with Gasteiger partial charge in [0.1, 0.15) is 11.3 Å². The maximum Gasteiger partial charge on any atom is 0.315 e. The van der Waals surface area contributed by atoms with Crippen LogP contribution >= 0.6 is 0 Å². The van der Waals surface area contributed by atoms with Crippen molar-refractivity contribution in [3.63, 3.8) is 0 Å². The zero-order valence-corrected chi connectivity index (χ0v) is 13.3. The molecule has 0 aliphatic heterocycles. The van der Waals surface area contributed by atoms with Crippen LogP contribution in [-0.2, 0) is 0 Å². The third kappa shape index (κ3) is 3.43. The van der Waals surface area contributed by atoms with E-state index in [9.17, 15) is 4.79 Å². The first kappa shape index (κ1) is 14.9. The maximum atomic E-state index is 12.1. The van der Waals surface area contributed by atoms with Crippen LogP contribution in [0.5, 0.6) is 0 Å². The predicted molar refractivity (Wildman–Crippen MR) is 87.7 cm³/mol. The summed E-state index contributed by atoms with van der Waals surface area (Å²) in [4.78, 5) is 12.1. The lowest BCUT2D eigenvalue weighted by Crippen LogP contribution is -2.44. The number of carbonyl (C=O) groups is 1. The van der Waals surface area contributed by atoms with Crippen molar-refractivity contribution in [2.24, 2.45) is 5.92 Å². The minimum absolute atomic E-state index is 0.104. The van der Waals surface area contributed by atoms with Crippen LogP contribution in [0.1, 0.15) is 51.3 Å². The monoisotopic (exact) mass is 300 g/mol. The summed E-state index contributed by atoms with van der Waals surface area (Å²) < 4.78 is 5.79. The molecule has 1 aromatic carbocycles. The fourth-order valence-electron chi connectivity index (χ4n) is 3.12. The molecule has 2 N–H and O–H groups in total. The Morgan fingerprint density at radius 2 is 1.95 bits per heavy atom. The molecule has 4 heteroatoms. The molecule has 0 saturated heterocycles. The minimum Gasteiger partial charge on any atom is -0.459 e. The zero-order valence-electron chi connectivity index (χ0n) is 13.3. The van der Waals surface area contributed by atoms with Crippen molar-refractivity contribution in [1.29, 1.82) is 0 Å². The smallest absolute Gasteiger partial charge is 0.315 e. The number of rotatable bonds is 3. The molecule has 22 heavy (non-hydrogen) atoms. The molecule has 1 saturated carbocycles. The normalized spacial score (nSPS) is 23.2. The second kappa shape index (κ2) is 6.42. The van der Waals surface area contributed by atoms with E-state index >= 15 is 0 Å². The van der Waals surface area contributed by atoms with E-state index in [1.807, 2.05) is 37.3 Å². The van der Waals surface area contributed by atoms with Crippen molar-refractivity contribution in [3.8, 4) is 0 Å². The Bertz CT molecular complexity index is 608. The quantitative estimate of drug-likeness (QED) is 0.884. The third-order valence-corrected chi connectivity index (χ3v) is 4.57. The van der Waals surface area contributed by atoms with Crippen molar-refractivity contribution in [3.05, 3.63) is 36.1 Å². The zero-order chi connectivity index (χ0) is 15.5. The highest BCUT2D eigenvalue weighted by molar-refractivity contribution is 5.78. The lowest BCUT2D eigenvalue weighted by Gasteiger charge is -2.27. The second-order valence-electron chi connectivity index (χ2n) is 6.48. The number of carbonyl (C=O) groups excluding carboxylic acids is 1. The molecule has 1 atom stereocenters. The van der Waals surface area contributed by atoms with Gasteiger partial charge in [-0.2, -0.15) is 0 Å². The lowest BCUT2D eigenvalue weighted by molar-refractivity contribution is 0.224. The van der Waals surface area contributed by atoms with Gasteiger partial charge in [0, 0.05) is 11.4 Å². The first-order valence-corrected chi connectivity index (χ1v) is 8.17. The number of urea groups is 1. The first-order valence-electron chi connectivity index (χ1n) is 8.17. The van der Waals surface area contributed by atoms with E-state index in [0.717, 1.165) is 35.5 Å². The Hall–Kier alpha value is -1.97. The van der Waals surface area contributed by atoms with Crippen molar-refractivity contribution in [2.75, 3.05) is 0 Å². The number of amides is 2. The number of hydrogen-bond acceptors (Lipinski definition) is 2. The summed E-state index contributed by atoms with van der Waals surface area (Å²) in [6, 6.07) is 9.93. The van der Waals surface area contributed by atoms with Crippen LogP contribution in [0.4, 0.5) is 4.79 Å². The van der Waals surface area contributed by atoms with Crippen LogP contribution in [0.15, 0.2) is 34.7 Å². The van der Waals surface area contributed by atoms with Gasteiger partial charge in [-0.25, -0.2) is 4.79 Å². The molecule has 118 valence electrons. The summed E-state index contributed by atoms with van der Waals surface area (Å²) in [7, 11) is 0. The number of benzene rings is 1. The number of nitrogens with one attached hydrogen (secondary N) is 2. The Balaban J connectivity index is 1.56. The van der Waals surface area contributed by atoms with E-state index in [-0.39, 0.29) is 12.1 Å². The Kier molecular flexibility index (Phi) is 4.36. The van der Waals surface area contributed by atoms with Gasteiger partial charge in [0.05, 0.1) is 6.04 Å². The predicted octanol–water partition coefficient (Wildman–Crippen LogP) is 4.37. The van der Waals surface area contributed by atoms with Gasteiger partial charge in [0.25, 0.3) is 0 Å². The van der Waals surface area contributed by atoms with Gasteiger partial charge < -0.3 is 15.1 Å². The summed E-state index contributed by atoms with van der Waals surface area (Å²) in [6.07, 6.45) is 4.55. The van der Waals surface area contributed by atoms with E-state index in [1.54, 1.807) is 0 Å². The van der Waals surface area contributed by atoms with E-state index in [4.69, 9.17) is 4.42 Å². The Morgan fingerprint density at radius 1 is 1.23 bits per heavy atom. The highest BCUT2D eigenvalue weighted by Gasteiger charge is 2.21. The Morgan fingerprint density at radius 3 is 2.68 bits per heavy atom. The van der Waals surface area contributed by atoms with Gasteiger partial charge in [-0.05, 0) is 50.7 Å². The molecule has 1 unspecified atom stereocenters. The van der Waals surface area contributed by atoms with Gasteiger partial charge in [-0.15, -0.1) is 0 Å². The van der Waals surface area contributed by atoms with E-state index in [1.165, 1.54) is 12.8 Å². The SMILES string of the molecule is CC1CCC(NC(=O)NC(C)c2cc3ccccc3o2)CC1. The number of hydrogen-bond donors (Lipinski definition) is 2. The molecule has 0 bridgehead atoms. The first-order chi connectivity index (χ1) is 10.6. The highest BCUT2D eigenvalue weighted by atomic mass is 16.3. The van der Waals surface area contributed by atoms with Gasteiger partial charge in [0.2, 0.25) is 0 Å². The third-order valence-electron chi connectivity index (χ3n) is 4.57. The van der Waals surface area contributed by atoms with Crippen LogP contribution in [0.3, 0.4) is 0 Å². The van der Waals surface area contributed by atoms with E-state index < -0.39 is 0 Å². The van der Waals surface area contributed by atoms with E-state index in [2.05, 4.69) is 17.6 Å². The van der Waals surface area contributed by atoms with Gasteiger partial charge in [0.15, 0.2) is 0 Å². The largest absolute Gasteiger partial charge is 0.459 e. The standard InChI is InChI=1S/C18H24N2O2/c1-12-7-9-15(10-8-12)20-18(21)19-13(2)17-11-14-5-3-4-6-16(14)22-17/h3-6,11-13,15H,7-10H2,1-2H3,(H2,19,20,21). The van der Waals surface area contributed by atoms with Crippen molar-refractivity contribution in [1.82, 2.24) is 10.6 Å². The average Bonchev–Trinajstić information content (AvgIpc) is 2.93. The van der Waals surface area contributed by atoms with Crippen molar-refractivity contribution >= 4 is 17.0 Å². The molecule has 1 aromatic heterocycles. The highest BCUT2D eigenvalue weighted by Crippen LogP contribution is 2.25. The van der Waals surface area contributed by atoms with Crippen LogP contribution in [0.25, 0.3) is 11.0 Å².